The number of nitrogens with zero attached hydrogens (tertiary/aromatic N) is 2. The maximum atomic E-state index is 6.18. The minimum absolute atomic E-state index is 0.364. The molecule has 1 aromatic rings. The molecular weight excluding hydrogens is 254 g/mol. The van der Waals surface area contributed by atoms with Crippen molar-refractivity contribution in [2.45, 2.75) is 36.1 Å². The van der Waals surface area contributed by atoms with Gasteiger partial charge in [-0.3, -0.25) is 0 Å². The summed E-state index contributed by atoms with van der Waals surface area (Å²) in [6.07, 6.45) is 8.44. The number of rotatable bonds is 4. The van der Waals surface area contributed by atoms with Crippen LogP contribution in [0, 0.1) is 5.92 Å². The molecule has 0 spiro atoms. The van der Waals surface area contributed by atoms with Crippen LogP contribution in [0.4, 0.5) is 5.82 Å². The standard InChI is InChI=1S/C12H18ClN3S/c1-17-12-6-11(15-8-16-12)14-7-9-3-2-4-10(13)5-9/h6,8-10H,2-5,7H2,1H3,(H,14,15,16). The molecule has 17 heavy (non-hydrogen) atoms. The van der Waals surface area contributed by atoms with Gasteiger partial charge in [-0.2, -0.15) is 0 Å². The summed E-state index contributed by atoms with van der Waals surface area (Å²) in [4.78, 5) is 8.38. The average molecular weight is 272 g/mol. The number of hydrogen-bond donors (Lipinski definition) is 1. The topological polar surface area (TPSA) is 37.8 Å². The van der Waals surface area contributed by atoms with E-state index in [1.54, 1.807) is 18.1 Å². The van der Waals surface area contributed by atoms with Gasteiger partial charge in [-0.15, -0.1) is 23.4 Å². The molecular formula is C12H18ClN3S. The van der Waals surface area contributed by atoms with Crippen molar-refractivity contribution >= 4 is 29.2 Å². The van der Waals surface area contributed by atoms with Crippen LogP contribution in [0.2, 0.25) is 0 Å². The Hall–Kier alpha value is -0.480. The Kier molecular flexibility index (Phi) is 4.92. The highest BCUT2D eigenvalue weighted by Gasteiger charge is 2.19. The number of alkyl halides is 1. The Balaban J connectivity index is 1.84. The summed E-state index contributed by atoms with van der Waals surface area (Å²) in [5.74, 6) is 1.60. The predicted octanol–water partition coefficient (Wildman–Crippen LogP) is 3.41. The molecule has 0 saturated heterocycles. The zero-order chi connectivity index (χ0) is 12.1. The highest BCUT2D eigenvalue weighted by Crippen LogP contribution is 2.28. The van der Waals surface area contributed by atoms with E-state index in [1.165, 1.54) is 19.3 Å². The second-order valence-electron chi connectivity index (χ2n) is 4.46. The Bertz CT molecular complexity index is 361. The second kappa shape index (κ2) is 6.45. The van der Waals surface area contributed by atoms with Crippen molar-refractivity contribution in [3.63, 3.8) is 0 Å². The van der Waals surface area contributed by atoms with Crippen LogP contribution in [0.3, 0.4) is 0 Å². The lowest BCUT2D eigenvalue weighted by Gasteiger charge is -2.25. The highest BCUT2D eigenvalue weighted by atomic mass is 35.5. The minimum atomic E-state index is 0.364. The van der Waals surface area contributed by atoms with Crippen LogP contribution < -0.4 is 5.32 Å². The van der Waals surface area contributed by atoms with Crippen LogP contribution in [0.25, 0.3) is 0 Å². The summed E-state index contributed by atoms with van der Waals surface area (Å²) >= 11 is 7.82. The molecule has 0 bridgehead atoms. The van der Waals surface area contributed by atoms with Gasteiger partial charge < -0.3 is 5.32 Å². The van der Waals surface area contributed by atoms with E-state index in [1.807, 2.05) is 12.3 Å². The molecule has 1 aliphatic carbocycles. The molecule has 2 rings (SSSR count). The number of nitrogens with one attached hydrogen (secondary N) is 1. The maximum absolute atomic E-state index is 6.18. The average Bonchev–Trinajstić information content (AvgIpc) is 2.37. The van der Waals surface area contributed by atoms with Crippen LogP contribution >= 0.6 is 23.4 Å². The largest absolute Gasteiger partial charge is 0.370 e. The van der Waals surface area contributed by atoms with Crippen LogP contribution in [-0.2, 0) is 0 Å². The van der Waals surface area contributed by atoms with Crippen molar-refractivity contribution in [2.24, 2.45) is 5.92 Å². The van der Waals surface area contributed by atoms with Gasteiger partial charge in [-0.05, 0) is 31.4 Å². The summed E-state index contributed by atoms with van der Waals surface area (Å²) in [5.41, 5.74) is 0. The Labute approximate surface area is 112 Å². The van der Waals surface area contributed by atoms with E-state index in [0.29, 0.717) is 11.3 Å². The molecule has 2 atom stereocenters. The fourth-order valence-electron chi connectivity index (χ4n) is 2.21. The quantitative estimate of drug-likeness (QED) is 0.517. The number of hydrogen-bond acceptors (Lipinski definition) is 4. The van der Waals surface area contributed by atoms with Gasteiger partial charge in [0.15, 0.2) is 0 Å². The molecule has 1 saturated carbocycles. The predicted molar refractivity (Wildman–Crippen MR) is 73.9 cm³/mol. The zero-order valence-corrected chi connectivity index (χ0v) is 11.6. The lowest BCUT2D eigenvalue weighted by atomic mass is 9.89. The van der Waals surface area contributed by atoms with Gasteiger partial charge in [-0.1, -0.05) is 6.42 Å². The molecule has 1 heterocycles. The van der Waals surface area contributed by atoms with Gasteiger partial charge in [0.25, 0.3) is 0 Å². The van der Waals surface area contributed by atoms with Crippen molar-refractivity contribution in [2.75, 3.05) is 18.1 Å². The van der Waals surface area contributed by atoms with Gasteiger partial charge in [0.2, 0.25) is 0 Å². The fraction of sp³-hybridized carbons (Fsp3) is 0.667. The van der Waals surface area contributed by atoms with E-state index in [4.69, 9.17) is 11.6 Å². The Morgan fingerprint density at radius 3 is 3.12 bits per heavy atom. The van der Waals surface area contributed by atoms with Gasteiger partial charge in [0.05, 0.1) is 0 Å². The van der Waals surface area contributed by atoms with Gasteiger partial charge in [0.1, 0.15) is 17.2 Å². The molecule has 0 radical (unpaired) electrons. The third-order valence-corrected chi connectivity index (χ3v) is 4.18. The molecule has 5 heteroatoms. The summed E-state index contributed by atoms with van der Waals surface area (Å²) in [7, 11) is 0. The molecule has 1 aliphatic rings. The molecule has 94 valence electrons. The van der Waals surface area contributed by atoms with Crippen molar-refractivity contribution in [1.82, 2.24) is 9.97 Å². The number of aromatic nitrogens is 2. The zero-order valence-electron chi connectivity index (χ0n) is 10.0. The fourth-order valence-corrected chi connectivity index (χ4v) is 3.00. The van der Waals surface area contributed by atoms with Gasteiger partial charge in [0, 0.05) is 18.0 Å². The normalized spacial score (nSPS) is 24.6. The van der Waals surface area contributed by atoms with E-state index in [9.17, 15) is 0 Å². The number of halogens is 1. The SMILES string of the molecule is CSc1cc(NCC2CCCC(Cl)C2)ncn1. The van der Waals surface area contributed by atoms with Gasteiger partial charge in [-0.25, -0.2) is 9.97 Å². The molecule has 0 aromatic carbocycles. The molecule has 2 unspecified atom stereocenters. The summed E-state index contributed by atoms with van der Waals surface area (Å²) in [5, 5.41) is 4.75. The van der Waals surface area contributed by atoms with Crippen LogP contribution in [0.15, 0.2) is 17.4 Å². The molecule has 0 amide bonds. The maximum Gasteiger partial charge on any atom is 0.130 e. The summed E-state index contributed by atoms with van der Waals surface area (Å²) < 4.78 is 0. The molecule has 0 aliphatic heterocycles. The smallest absolute Gasteiger partial charge is 0.130 e. The Morgan fingerprint density at radius 1 is 1.47 bits per heavy atom. The number of thioether (sulfide) groups is 1. The van der Waals surface area contributed by atoms with Crippen molar-refractivity contribution in [3.8, 4) is 0 Å². The first-order valence-electron chi connectivity index (χ1n) is 6.02. The van der Waals surface area contributed by atoms with E-state index < -0.39 is 0 Å². The molecule has 1 N–H and O–H groups in total. The van der Waals surface area contributed by atoms with E-state index in [-0.39, 0.29) is 0 Å². The Morgan fingerprint density at radius 2 is 2.35 bits per heavy atom. The molecule has 1 aromatic heterocycles. The number of anilines is 1. The first-order chi connectivity index (χ1) is 8.28. The van der Waals surface area contributed by atoms with Crippen molar-refractivity contribution < 1.29 is 0 Å². The van der Waals surface area contributed by atoms with Crippen LogP contribution in [0.5, 0.6) is 0 Å². The van der Waals surface area contributed by atoms with Crippen molar-refractivity contribution in [1.29, 1.82) is 0 Å². The van der Waals surface area contributed by atoms with Gasteiger partial charge >= 0.3 is 0 Å². The third kappa shape index (κ3) is 4.03. The summed E-state index contributed by atoms with van der Waals surface area (Å²) in [6.45, 7) is 0.966. The van der Waals surface area contributed by atoms with E-state index >= 15 is 0 Å². The molecule has 1 fully saturated rings. The lowest BCUT2D eigenvalue weighted by Crippen LogP contribution is -2.22. The van der Waals surface area contributed by atoms with Crippen LogP contribution in [-0.4, -0.2) is 28.1 Å². The lowest BCUT2D eigenvalue weighted by molar-refractivity contribution is 0.378. The monoisotopic (exact) mass is 271 g/mol. The van der Waals surface area contributed by atoms with E-state index in [0.717, 1.165) is 23.8 Å². The molecule has 3 nitrogen and oxygen atoms in total. The van der Waals surface area contributed by atoms with Crippen molar-refractivity contribution in [3.05, 3.63) is 12.4 Å². The van der Waals surface area contributed by atoms with Crippen LogP contribution in [0.1, 0.15) is 25.7 Å². The first kappa shape index (κ1) is 13.0. The second-order valence-corrected chi connectivity index (χ2v) is 5.90. The minimum Gasteiger partial charge on any atom is -0.370 e. The highest BCUT2D eigenvalue weighted by molar-refractivity contribution is 7.98. The third-order valence-electron chi connectivity index (χ3n) is 3.14. The first-order valence-corrected chi connectivity index (χ1v) is 7.68. The summed E-state index contributed by atoms with van der Waals surface area (Å²) in [6, 6.07) is 1.99. The van der Waals surface area contributed by atoms with E-state index in [2.05, 4.69) is 15.3 Å².